The van der Waals surface area contributed by atoms with Crippen molar-refractivity contribution in [2.24, 2.45) is 11.7 Å². The predicted molar refractivity (Wildman–Crippen MR) is 88.8 cm³/mol. The lowest BCUT2D eigenvalue weighted by Crippen LogP contribution is -2.49. The molecule has 2 aliphatic rings. The number of hydrogen-bond acceptors (Lipinski definition) is 4. The zero-order valence-electron chi connectivity index (χ0n) is 13.9. The number of carbonyl (C=O) groups excluding carboxylic acids is 1. The summed E-state index contributed by atoms with van der Waals surface area (Å²) in [5.74, 6) is 2.02. The van der Waals surface area contributed by atoms with Gasteiger partial charge >= 0.3 is 0 Å². The Balaban J connectivity index is 1.58. The van der Waals surface area contributed by atoms with Gasteiger partial charge in [-0.25, -0.2) is 0 Å². The molecule has 1 saturated carbocycles. The van der Waals surface area contributed by atoms with E-state index >= 15 is 0 Å². The van der Waals surface area contributed by atoms with Gasteiger partial charge in [0.05, 0.1) is 0 Å². The molecular weight excluding hydrogens is 292 g/mol. The van der Waals surface area contributed by atoms with Gasteiger partial charge in [-0.2, -0.15) is 0 Å². The Bertz CT molecular complexity index is 584. The van der Waals surface area contributed by atoms with Crippen LogP contribution in [-0.2, 0) is 4.79 Å². The summed E-state index contributed by atoms with van der Waals surface area (Å²) >= 11 is 0. The van der Waals surface area contributed by atoms with Gasteiger partial charge in [0, 0.05) is 18.0 Å². The lowest BCUT2D eigenvalue weighted by atomic mass is 9.94. The van der Waals surface area contributed by atoms with E-state index in [9.17, 15) is 4.79 Å². The molecule has 1 aliphatic heterocycles. The van der Waals surface area contributed by atoms with E-state index in [0.717, 1.165) is 36.3 Å². The van der Waals surface area contributed by atoms with Gasteiger partial charge < -0.3 is 20.5 Å². The van der Waals surface area contributed by atoms with Crippen molar-refractivity contribution in [2.75, 3.05) is 19.8 Å². The summed E-state index contributed by atoms with van der Waals surface area (Å²) in [6.45, 7) is 5.84. The number of rotatable bonds is 6. The number of carbonyl (C=O) groups is 1. The highest BCUT2D eigenvalue weighted by molar-refractivity contribution is 5.83. The van der Waals surface area contributed by atoms with Crippen LogP contribution in [0.4, 0.5) is 0 Å². The van der Waals surface area contributed by atoms with Crippen LogP contribution in [0.1, 0.15) is 44.6 Å². The second-order valence-corrected chi connectivity index (χ2v) is 6.64. The van der Waals surface area contributed by atoms with Gasteiger partial charge in [-0.3, -0.25) is 4.79 Å². The zero-order valence-corrected chi connectivity index (χ0v) is 13.9. The number of fused-ring (bicyclic) bond motifs is 1. The summed E-state index contributed by atoms with van der Waals surface area (Å²) in [4.78, 5) is 12.3. The smallest absolute Gasteiger partial charge is 0.223 e. The molecule has 3 rings (SSSR count). The second-order valence-electron chi connectivity index (χ2n) is 6.64. The van der Waals surface area contributed by atoms with E-state index in [1.54, 1.807) is 0 Å². The minimum Gasteiger partial charge on any atom is -0.486 e. The van der Waals surface area contributed by atoms with Crippen LogP contribution in [0.2, 0.25) is 0 Å². The number of hydrogen-bond donors (Lipinski definition) is 2. The van der Waals surface area contributed by atoms with E-state index in [1.165, 1.54) is 0 Å². The van der Waals surface area contributed by atoms with Gasteiger partial charge in [0.15, 0.2) is 11.5 Å². The maximum atomic E-state index is 12.3. The van der Waals surface area contributed by atoms with Crippen molar-refractivity contribution in [1.29, 1.82) is 0 Å². The fourth-order valence-electron chi connectivity index (χ4n) is 3.04. The summed E-state index contributed by atoms with van der Waals surface area (Å²) in [7, 11) is 0. The molecule has 1 aromatic rings. The Morgan fingerprint density at radius 3 is 2.65 bits per heavy atom. The second kappa shape index (κ2) is 6.40. The molecule has 0 bridgehead atoms. The predicted octanol–water partition coefficient (Wildman–Crippen LogP) is 2.20. The Hall–Kier alpha value is -1.75. The first kappa shape index (κ1) is 16.1. The van der Waals surface area contributed by atoms with Gasteiger partial charge in [-0.05, 0) is 42.9 Å². The minimum atomic E-state index is -0.295. The van der Waals surface area contributed by atoms with Crippen molar-refractivity contribution < 1.29 is 14.3 Å². The van der Waals surface area contributed by atoms with E-state index < -0.39 is 0 Å². The lowest BCUT2D eigenvalue weighted by molar-refractivity contribution is -0.122. The highest BCUT2D eigenvalue weighted by atomic mass is 16.6. The first-order valence-corrected chi connectivity index (χ1v) is 8.52. The SMILES string of the molecule is CCC(N)(CC)CNC(=O)C1CC1c1ccc2c(c1)OCCO2. The number of ether oxygens (including phenoxy) is 2. The molecule has 0 spiro atoms. The van der Waals surface area contributed by atoms with Crippen LogP contribution in [0.15, 0.2) is 18.2 Å². The third kappa shape index (κ3) is 3.44. The first-order valence-electron chi connectivity index (χ1n) is 8.52. The fraction of sp³-hybridized carbons (Fsp3) is 0.611. The summed E-state index contributed by atoms with van der Waals surface area (Å²) in [5, 5.41) is 3.03. The maximum absolute atomic E-state index is 12.3. The summed E-state index contributed by atoms with van der Waals surface area (Å²) in [6.07, 6.45) is 2.61. The third-order valence-corrected chi connectivity index (χ3v) is 5.14. The summed E-state index contributed by atoms with van der Waals surface area (Å²) in [5.41, 5.74) is 7.10. The molecule has 23 heavy (non-hydrogen) atoms. The molecule has 2 atom stereocenters. The normalized spacial score (nSPS) is 22.6. The molecule has 0 aromatic heterocycles. The van der Waals surface area contributed by atoms with E-state index in [-0.39, 0.29) is 23.3 Å². The molecule has 1 aromatic carbocycles. The molecule has 1 fully saturated rings. The van der Waals surface area contributed by atoms with Crippen LogP contribution in [0.5, 0.6) is 11.5 Å². The van der Waals surface area contributed by atoms with Crippen molar-refractivity contribution in [1.82, 2.24) is 5.32 Å². The van der Waals surface area contributed by atoms with E-state index in [2.05, 4.69) is 19.2 Å². The quantitative estimate of drug-likeness (QED) is 0.843. The van der Waals surface area contributed by atoms with E-state index in [4.69, 9.17) is 15.2 Å². The molecule has 5 nitrogen and oxygen atoms in total. The number of nitrogens with one attached hydrogen (secondary N) is 1. The Morgan fingerprint density at radius 2 is 1.96 bits per heavy atom. The van der Waals surface area contributed by atoms with E-state index in [1.807, 2.05) is 18.2 Å². The van der Waals surface area contributed by atoms with Crippen molar-refractivity contribution in [3.63, 3.8) is 0 Å². The van der Waals surface area contributed by atoms with Crippen molar-refractivity contribution >= 4 is 5.91 Å². The maximum Gasteiger partial charge on any atom is 0.223 e. The molecule has 0 saturated heterocycles. The van der Waals surface area contributed by atoms with Crippen molar-refractivity contribution in [3.8, 4) is 11.5 Å². The monoisotopic (exact) mass is 318 g/mol. The third-order valence-electron chi connectivity index (χ3n) is 5.14. The average molecular weight is 318 g/mol. The fourth-order valence-corrected chi connectivity index (χ4v) is 3.04. The van der Waals surface area contributed by atoms with Crippen LogP contribution in [0.25, 0.3) is 0 Å². The number of amides is 1. The van der Waals surface area contributed by atoms with E-state index in [0.29, 0.717) is 19.8 Å². The summed E-state index contributed by atoms with van der Waals surface area (Å²) < 4.78 is 11.2. The highest BCUT2D eigenvalue weighted by Crippen LogP contribution is 2.49. The van der Waals surface area contributed by atoms with Gasteiger partial charge in [0.1, 0.15) is 13.2 Å². The minimum absolute atomic E-state index is 0.0514. The van der Waals surface area contributed by atoms with Crippen LogP contribution < -0.4 is 20.5 Å². The number of benzene rings is 1. The van der Waals surface area contributed by atoms with Gasteiger partial charge in [-0.15, -0.1) is 0 Å². The molecule has 1 amide bonds. The molecule has 1 heterocycles. The van der Waals surface area contributed by atoms with Crippen molar-refractivity contribution in [3.05, 3.63) is 23.8 Å². The van der Waals surface area contributed by atoms with Gasteiger partial charge in [-0.1, -0.05) is 19.9 Å². The van der Waals surface area contributed by atoms with Gasteiger partial charge in [0.2, 0.25) is 5.91 Å². The van der Waals surface area contributed by atoms with Crippen molar-refractivity contribution in [2.45, 2.75) is 44.6 Å². The Kier molecular flexibility index (Phi) is 4.48. The zero-order chi connectivity index (χ0) is 16.4. The van der Waals surface area contributed by atoms with Crippen LogP contribution in [-0.4, -0.2) is 31.2 Å². The highest BCUT2D eigenvalue weighted by Gasteiger charge is 2.44. The largest absolute Gasteiger partial charge is 0.486 e. The molecule has 5 heteroatoms. The van der Waals surface area contributed by atoms with Crippen LogP contribution in [0, 0.1) is 5.92 Å². The average Bonchev–Trinajstić information content (AvgIpc) is 3.40. The first-order chi connectivity index (χ1) is 11.1. The van der Waals surface area contributed by atoms with Gasteiger partial charge in [0.25, 0.3) is 0 Å². The molecule has 126 valence electrons. The van der Waals surface area contributed by atoms with Crippen LogP contribution in [0.3, 0.4) is 0 Å². The van der Waals surface area contributed by atoms with Crippen LogP contribution >= 0.6 is 0 Å². The standard InChI is InChI=1S/C18H26N2O3/c1-3-18(19,4-2)11-20-17(21)14-10-13(14)12-5-6-15-16(9-12)23-8-7-22-15/h5-6,9,13-14H,3-4,7-8,10-11,19H2,1-2H3,(H,20,21). The molecule has 2 unspecified atom stereocenters. The topological polar surface area (TPSA) is 73.6 Å². The number of nitrogens with two attached hydrogens (primary N) is 1. The Morgan fingerprint density at radius 1 is 1.26 bits per heavy atom. The molecule has 0 radical (unpaired) electrons. The molecular formula is C18H26N2O3. The summed E-state index contributed by atoms with van der Waals surface area (Å²) in [6, 6.07) is 5.99. The Labute approximate surface area is 137 Å². The molecule has 1 aliphatic carbocycles. The molecule has 3 N–H and O–H groups in total. The lowest BCUT2D eigenvalue weighted by Gasteiger charge is -2.26.